The molecule has 2 aromatic rings. The number of hydrogen-bond donors (Lipinski definition) is 0. The number of rotatable bonds is 4. The molecule has 1 aromatic carbocycles. The summed E-state index contributed by atoms with van der Waals surface area (Å²) in [7, 11) is 1.31. The van der Waals surface area contributed by atoms with Crippen LogP contribution in [0.5, 0.6) is 0 Å². The molecule has 2 heterocycles. The Hall–Kier alpha value is -3.03. The molecule has 142 valence electrons. The topological polar surface area (TPSA) is 104 Å². The van der Waals surface area contributed by atoms with Gasteiger partial charge in [-0.05, 0) is 49.6 Å². The zero-order valence-electron chi connectivity index (χ0n) is 15.8. The van der Waals surface area contributed by atoms with Crippen LogP contribution in [-0.2, 0) is 19.1 Å². The fraction of sp³-hybridized carbons (Fsp3) is 0.421. The van der Waals surface area contributed by atoms with E-state index in [9.17, 15) is 9.59 Å². The van der Waals surface area contributed by atoms with Crippen LogP contribution in [0.1, 0.15) is 39.2 Å². The Morgan fingerprint density at radius 2 is 1.93 bits per heavy atom. The molecule has 0 spiro atoms. The quantitative estimate of drug-likeness (QED) is 0.761. The Bertz CT molecular complexity index is 957. The van der Waals surface area contributed by atoms with E-state index in [2.05, 4.69) is 15.3 Å². The number of nitrogens with zero attached hydrogens (tertiary/aromatic N) is 3. The molecular formula is C19H21N3O5. The summed E-state index contributed by atoms with van der Waals surface area (Å²) in [6.07, 6.45) is -0.313. The van der Waals surface area contributed by atoms with Crippen LogP contribution < -0.4 is 0 Å². The van der Waals surface area contributed by atoms with Gasteiger partial charge >= 0.3 is 11.9 Å². The highest BCUT2D eigenvalue weighted by atomic mass is 16.6. The van der Waals surface area contributed by atoms with Crippen LogP contribution in [0.15, 0.2) is 39.1 Å². The standard InChI is InChI=1S/C19H21N3O5/c1-9(2)26-19(24)15-11(4)20-10(3)14(18(23)25-5)16(15)12-7-6-8-13-17(12)22-27-21-13/h6-9,14,16H,1-5H3/t14?,16-/m1/s1. The first-order chi connectivity index (χ1) is 12.8. The second-order valence-electron chi connectivity index (χ2n) is 6.66. The van der Waals surface area contributed by atoms with Crippen molar-refractivity contribution in [2.45, 2.75) is 39.7 Å². The average molecular weight is 371 g/mol. The van der Waals surface area contributed by atoms with E-state index in [0.717, 1.165) is 0 Å². The molecule has 0 saturated heterocycles. The lowest BCUT2D eigenvalue weighted by atomic mass is 9.75. The summed E-state index contributed by atoms with van der Waals surface area (Å²) in [6.45, 7) is 6.99. The Morgan fingerprint density at radius 3 is 2.59 bits per heavy atom. The molecule has 1 unspecified atom stereocenters. The Kier molecular flexibility index (Phi) is 5.07. The van der Waals surface area contributed by atoms with Crippen molar-refractivity contribution >= 4 is 28.7 Å². The van der Waals surface area contributed by atoms with Crippen molar-refractivity contribution < 1.29 is 23.7 Å². The Balaban J connectivity index is 2.25. The van der Waals surface area contributed by atoms with Crippen molar-refractivity contribution in [1.29, 1.82) is 0 Å². The first-order valence-corrected chi connectivity index (χ1v) is 8.61. The second-order valence-corrected chi connectivity index (χ2v) is 6.66. The molecule has 1 aromatic heterocycles. The van der Waals surface area contributed by atoms with Gasteiger partial charge in [0.1, 0.15) is 17.0 Å². The molecule has 2 atom stereocenters. The Labute approximate surface area is 156 Å². The predicted octanol–water partition coefficient (Wildman–Crippen LogP) is 2.80. The molecule has 0 amide bonds. The molecule has 27 heavy (non-hydrogen) atoms. The number of allylic oxidation sites excluding steroid dienone is 1. The van der Waals surface area contributed by atoms with Gasteiger partial charge in [0, 0.05) is 17.3 Å². The lowest BCUT2D eigenvalue weighted by Crippen LogP contribution is -2.36. The van der Waals surface area contributed by atoms with Gasteiger partial charge in [0.25, 0.3) is 0 Å². The molecule has 0 aliphatic carbocycles. The maximum absolute atomic E-state index is 12.9. The van der Waals surface area contributed by atoms with Crippen molar-refractivity contribution in [3.8, 4) is 0 Å². The summed E-state index contributed by atoms with van der Waals surface area (Å²) in [4.78, 5) is 29.9. The van der Waals surface area contributed by atoms with Crippen LogP contribution in [0.4, 0.5) is 0 Å². The van der Waals surface area contributed by atoms with Crippen LogP contribution in [-0.4, -0.2) is 41.2 Å². The minimum absolute atomic E-state index is 0.306. The van der Waals surface area contributed by atoms with E-state index in [1.165, 1.54) is 7.11 Å². The summed E-state index contributed by atoms with van der Waals surface area (Å²) in [5.41, 5.74) is 3.00. The summed E-state index contributed by atoms with van der Waals surface area (Å²) in [5.74, 6) is -2.46. The van der Waals surface area contributed by atoms with Gasteiger partial charge in [-0.25, -0.2) is 9.42 Å². The number of carbonyl (C=O) groups excluding carboxylic acids is 2. The van der Waals surface area contributed by atoms with Crippen molar-refractivity contribution in [2.75, 3.05) is 7.11 Å². The normalized spacial score (nSPS) is 20.0. The average Bonchev–Trinajstić information content (AvgIpc) is 3.08. The van der Waals surface area contributed by atoms with Gasteiger partial charge in [0.2, 0.25) is 0 Å². The molecule has 0 fully saturated rings. The molecular weight excluding hydrogens is 350 g/mol. The van der Waals surface area contributed by atoms with Gasteiger partial charge in [0.05, 0.1) is 18.8 Å². The van der Waals surface area contributed by atoms with Crippen LogP contribution in [0.25, 0.3) is 11.0 Å². The third-order valence-corrected chi connectivity index (χ3v) is 4.50. The van der Waals surface area contributed by atoms with Gasteiger partial charge in [0.15, 0.2) is 0 Å². The molecule has 1 aliphatic heterocycles. The molecule has 0 saturated carbocycles. The van der Waals surface area contributed by atoms with Gasteiger partial charge in [-0.2, -0.15) is 0 Å². The van der Waals surface area contributed by atoms with Crippen LogP contribution in [0.3, 0.4) is 0 Å². The van der Waals surface area contributed by atoms with E-state index in [1.807, 2.05) is 0 Å². The van der Waals surface area contributed by atoms with Crippen molar-refractivity contribution in [1.82, 2.24) is 10.3 Å². The molecule has 0 bridgehead atoms. The number of fused-ring (bicyclic) bond motifs is 1. The third kappa shape index (κ3) is 3.34. The fourth-order valence-corrected chi connectivity index (χ4v) is 3.43. The molecule has 3 rings (SSSR count). The smallest absolute Gasteiger partial charge is 0.336 e. The van der Waals surface area contributed by atoms with E-state index < -0.39 is 23.8 Å². The first-order valence-electron chi connectivity index (χ1n) is 8.61. The third-order valence-electron chi connectivity index (χ3n) is 4.50. The zero-order chi connectivity index (χ0) is 19.7. The van der Waals surface area contributed by atoms with E-state index >= 15 is 0 Å². The van der Waals surface area contributed by atoms with Crippen LogP contribution >= 0.6 is 0 Å². The Morgan fingerprint density at radius 1 is 1.19 bits per heavy atom. The van der Waals surface area contributed by atoms with Crippen molar-refractivity contribution in [3.05, 3.63) is 35.0 Å². The van der Waals surface area contributed by atoms with Gasteiger partial charge in [-0.1, -0.05) is 12.1 Å². The number of hydrogen-bond acceptors (Lipinski definition) is 8. The SMILES string of the molecule is COC(=O)C1C(C)=NC(C)=C(C(=O)OC(C)C)[C@@H]1c1cccc2nonc12. The van der Waals surface area contributed by atoms with E-state index in [0.29, 0.717) is 33.6 Å². The zero-order valence-corrected chi connectivity index (χ0v) is 15.8. The number of methoxy groups -OCH3 is 1. The number of aromatic nitrogens is 2. The summed E-state index contributed by atoms with van der Waals surface area (Å²) in [6, 6.07) is 5.31. The van der Waals surface area contributed by atoms with Gasteiger partial charge in [-0.3, -0.25) is 9.79 Å². The van der Waals surface area contributed by atoms with Crippen LogP contribution in [0, 0.1) is 5.92 Å². The highest BCUT2D eigenvalue weighted by Crippen LogP contribution is 2.42. The summed E-state index contributed by atoms with van der Waals surface area (Å²) in [5, 5.41) is 7.82. The van der Waals surface area contributed by atoms with E-state index in [4.69, 9.17) is 14.1 Å². The number of ether oxygens (including phenoxy) is 2. The van der Waals surface area contributed by atoms with Crippen molar-refractivity contribution in [3.63, 3.8) is 0 Å². The largest absolute Gasteiger partial charge is 0.468 e. The maximum atomic E-state index is 12.9. The highest BCUT2D eigenvalue weighted by Gasteiger charge is 2.43. The minimum Gasteiger partial charge on any atom is -0.468 e. The molecule has 1 aliphatic rings. The van der Waals surface area contributed by atoms with Gasteiger partial charge in [-0.15, -0.1) is 0 Å². The molecule has 0 radical (unpaired) electrons. The molecule has 8 nitrogen and oxygen atoms in total. The second kappa shape index (κ2) is 7.30. The fourth-order valence-electron chi connectivity index (χ4n) is 3.43. The van der Waals surface area contributed by atoms with E-state index in [-0.39, 0.29) is 6.10 Å². The van der Waals surface area contributed by atoms with Crippen LogP contribution in [0.2, 0.25) is 0 Å². The lowest BCUT2D eigenvalue weighted by Gasteiger charge is -2.31. The minimum atomic E-state index is -0.782. The molecule has 0 N–H and O–H groups in total. The monoisotopic (exact) mass is 371 g/mol. The molecule has 8 heteroatoms. The maximum Gasteiger partial charge on any atom is 0.336 e. The predicted molar refractivity (Wildman–Crippen MR) is 97.1 cm³/mol. The van der Waals surface area contributed by atoms with Gasteiger partial charge < -0.3 is 9.47 Å². The number of benzene rings is 1. The number of esters is 2. The lowest BCUT2D eigenvalue weighted by molar-refractivity contribution is -0.145. The summed E-state index contributed by atoms with van der Waals surface area (Å²) >= 11 is 0. The highest BCUT2D eigenvalue weighted by molar-refractivity contribution is 6.07. The number of aliphatic imine (C=N–C) groups is 1. The van der Waals surface area contributed by atoms with E-state index in [1.54, 1.807) is 45.9 Å². The first kappa shape index (κ1) is 18.8. The number of carbonyl (C=O) groups is 2. The summed E-state index contributed by atoms with van der Waals surface area (Å²) < 4.78 is 15.3. The van der Waals surface area contributed by atoms with Crippen molar-refractivity contribution in [2.24, 2.45) is 10.9 Å².